The van der Waals surface area contributed by atoms with Gasteiger partial charge in [0.25, 0.3) is 0 Å². The van der Waals surface area contributed by atoms with Gasteiger partial charge < -0.3 is 22.1 Å². The third kappa shape index (κ3) is 19.6. The molecule has 0 saturated carbocycles. The molecule has 0 N–H and O–H groups in total. The second kappa shape index (κ2) is 6.63. The molecular weight excluding hydrogens is 215 g/mol. The lowest BCUT2D eigenvalue weighted by Crippen LogP contribution is -2.28. The molecule has 0 fully saturated rings. The van der Waals surface area contributed by atoms with Gasteiger partial charge in [0.05, 0.1) is 0 Å². The summed E-state index contributed by atoms with van der Waals surface area (Å²) in [6.45, 7) is 8.78. The zero-order valence-corrected chi connectivity index (χ0v) is 9.60. The molecule has 0 radical (unpaired) electrons. The molecule has 3 nitrogen and oxygen atoms in total. The Morgan fingerprint density at radius 1 is 1.20 bits per heavy atom. The standard InChI is InChI=1S/C7H17N2O.BF4/c1-6-10-8-9(5)7(2,3)4;2-1(3,4)5/h6H2,1-5H3;/q+1;-1. The third-order valence-corrected chi connectivity index (χ3v) is 1.28. The third-order valence-electron chi connectivity index (χ3n) is 1.28. The molecule has 0 bridgehead atoms. The predicted molar refractivity (Wildman–Crippen MR) is 50.2 cm³/mol. The second-order valence-corrected chi connectivity index (χ2v) is 3.69. The molecule has 0 aromatic heterocycles. The van der Waals surface area contributed by atoms with E-state index < -0.39 is 7.25 Å². The van der Waals surface area contributed by atoms with Crippen molar-refractivity contribution in [1.82, 2.24) is 0 Å². The summed E-state index contributed by atoms with van der Waals surface area (Å²) in [4.78, 5) is 4.87. The second-order valence-electron chi connectivity index (χ2n) is 3.69. The van der Waals surface area contributed by atoms with Crippen LogP contribution in [-0.4, -0.2) is 31.1 Å². The van der Waals surface area contributed by atoms with Gasteiger partial charge in [0.15, 0.2) is 17.9 Å². The summed E-state index contributed by atoms with van der Waals surface area (Å²) in [5.74, 6) is 0. The lowest BCUT2D eigenvalue weighted by molar-refractivity contribution is -0.653. The number of hydrogen-bond donors (Lipinski definition) is 0. The minimum Gasteiger partial charge on any atom is -0.418 e. The van der Waals surface area contributed by atoms with Gasteiger partial charge in [-0.3, -0.25) is 0 Å². The molecule has 92 valence electrons. The Hall–Kier alpha value is -0.815. The van der Waals surface area contributed by atoms with Crippen molar-refractivity contribution < 1.29 is 26.8 Å². The van der Waals surface area contributed by atoms with Crippen molar-refractivity contribution >= 4 is 7.25 Å². The molecule has 0 unspecified atom stereocenters. The molecule has 0 aliphatic heterocycles. The zero-order valence-electron chi connectivity index (χ0n) is 9.60. The largest absolute Gasteiger partial charge is 0.673 e. The molecule has 0 atom stereocenters. The zero-order chi connectivity index (χ0) is 12.7. The van der Waals surface area contributed by atoms with Gasteiger partial charge in [-0.05, 0) is 6.92 Å². The van der Waals surface area contributed by atoms with Crippen molar-refractivity contribution in [2.24, 2.45) is 5.28 Å². The van der Waals surface area contributed by atoms with Crippen molar-refractivity contribution in [3.63, 3.8) is 0 Å². The van der Waals surface area contributed by atoms with E-state index in [2.05, 4.69) is 26.0 Å². The first-order valence-corrected chi connectivity index (χ1v) is 4.42. The van der Waals surface area contributed by atoms with Gasteiger partial charge in [0.2, 0.25) is 0 Å². The summed E-state index contributed by atoms with van der Waals surface area (Å²) in [5, 5.41) is 3.85. The van der Waals surface area contributed by atoms with E-state index in [4.69, 9.17) is 4.84 Å². The van der Waals surface area contributed by atoms with Crippen molar-refractivity contribution in [3.8, 4) is 0 Å². The van der Waals surface area contributed by atoms with Crippen LogP contribution >= 0.6 is 0 Å². The highest BCUT2D eigenvalue weighted by Crippen LogP contribution is 2.06. The Balaban J connectivity index is 0. The highest BCUT2D eigenvalue weighted by Gasteiger charge is 2.22. The van der Waals surface area contributed by atoms with Gasteiger partial charge in [0, 0.05) is 20.8 Å². The maximum atomic E-state index is 9.75. The molecule has 0 aliphatic rings. The van der Waals surface area contributed by atoms with Crippen molar-refractivity contribution in [1.29, 1.82) is 0 Å². The van der Waals surface area contributed by atoms with Crippen LogP contribution in [-0.2, 0) is 4.84 Å². The molecule has 15 heavy (non-hydrogen) atoms. The van der Waals surface area contributed by atoms with Crippen LogP contribution in [0.3, 0.4) is 0 Å². The highest BCUT2D eigenvalue weighted by molar-refractivity contribution is 6.50. The van der Waals surface area contributed by atoms with Crippen LogP contribution in [0.4, 0.5) is 17.3 Å². The topological polar surface area (TPSA) is 24.6 Å². The fourth-order valence-corrected chi connectivity index (χ4v) is 0.267. The Morgan fingerprint density at radius 3 is 1.73 bits per heavy atom. The number of halogens is 4. The van der Waals surface area contributed by atoms with Crippen LogP contribution in [0.5, 0.6) is 0 Å². The van der Waals surface area contributed by atoms with Crippen LogP contribution in [0.1, 0.15) is 27.7 Å². The maximum absolute atomic E-state index is 9.75. The molecule has 8 heteroatoms. The number of hydrogen-bond acceptors (Lipinski definition) is 2. The molecule has 0 heterocycles. The smallest absolute Gasteiger partial charge is 0.418 e. The van der Waals surface area contributed by atoms with Crippen molar-refractivity contribution in [2.75, 3.05) is 13.7 Å². The molecule has 0 saturated heterocycles. The Bertz CT molecular complexity index is 194. The molecule has 0 aromatic carbocycles. The summed E-state index contributed by atoms with van der Waals surface area (Å²) >= 11 is 0. The van der Waals surface area contributed by atoms with Gasteiger partial charge in [0.1, 0.15) is 6.61 Å². The van der Waals surface area contributed by atoms with Gasteiger partial charge in [-0.1, -0.05) is 4.70 Å². The quantitative estimate of drug-likeness (QED) is 0.236. The first-order valence-electron chi connectivity index (χ1n) is 4.42. The van der Waals surface area contributed by atoms with E-state index >= 15 is 0 Å². The van der Waals surface area contributed by atoms with E-state index in [1.807, 2.05) is 14.0 Å². The van der Waals surface area contributed by atoms with E-state index in [0.717, 1.165) is 0 Å². The van der Waals surface area contributed by atoms with Crippen LogP contribution in [0.25, 0.3) is 0 Å². The van der Waals surface area contributed by atoms with E-state index in [-0.39, 0.29) is 5.54 Å². The van der Waals surface area contributed by atoms with Crippen LogP contribution < -0.4 is 0 Å². The van der Waals surface area contributed by atoms with Crippen molar-refractivity contribution in [3.05, 3.63) is 0 Å². The predicted octanol–water partition coefficient (Wildman–Crippen LogP) is 3.13. The van der Waals surface area contributed by atoms with E-state index in [9.17, 15) is 17.3 Å². The summed E-state index contributed by atoms with van der Waals surface area (Å²) < 4.78 is 40.8. The fraction of sp³-hybridized carbons (Fsp3) is 1.00. The first kappa shape index (κ1) is 16.6. The average Bonchev–Trinajstić information content (AvgIpc) is 1.94. The normalized spacial score (nSPS) is 13.0. The SMILES string of the molecule is CCON=[N+](C)C(C)(C)C.F[B-](F)(F)F. The van der Waals surface area contributed by atoms with E-state index in [1.165, 1.54) is 0 Å². The summed E-state index contributed by atoms with van der Waals surface area (Å²) in [6, 6.07) is 0. The van der Waals surface area contributed by atoms with Gasteiger partial charge in [-0.25, -0.2) is 0 Å². The molecule has 0 spiro atoms. The maximum Gasteiger partial charge on any atom is 0.673 e. The first-order chi connectivity index (χ1) is 6.48. The summed E-state index contributed by atoms with van der Waals surface area (Å²) in [6.07, 6.45) is 0. The van der Waals surface area contributed by atoms with Crippen LogP contribution in [0, 0.1) is 0 Å². The van der Waals surface area contributed by atoms with Gasteiger partial charge in [-0.2, -0.15) is 0 Å². The lowest BCUT2D eigenvalue weighted by atomic mass is 10.1. The Labute approximate surface area is 87.2 Å². The fourth-order valence-electron chi connectivity index (χ4n) is 0.267. The van der Waals surface area contributed by atoms with E-state index in [1.54, 1.807) is 4.70 Å². The minimum atomic E-state index is -6.00. The van der Waals surface area contributed by atoms with Gasteiger partial charge >= 0.3 is 7.25 Å². The monoisotopic (exact) mass is 232 g/mol. The number of rotatable bonds is 2. The lowest BCUT2D eigenvalue weighted by Gasteiger charge is -2.09. The molecule has 0 aromatic rings. The van der Waals surface area contributed by atoms with Crippen LogP contribution in [0.2, 0.25) is 0 Å². The summed E-state index contributed by atoms with van der Waals surface area (Å²) in [5.41, 5.74) is 0.0508. The highest BCUT2D eigenvalue weighted by atomic mass is 19.5. The van der Waals surface area contributed by atoms with Crippen LogP contribution in [0.15, 0.2) is 5.28 Å². The molecule has 0 rings (SSSR count). The molecular formula is C7H17BF4N2O. The minimum absolute atomic E-state index is 0.0508. The Morgan fingerprint density at radius 2 is 1.53 bits per heavy atom. The Kier molecular flexibility index (Phi) is 7.34. The number of nitrogens with zero attached hydrogens (tertiary/aromatic N) is 2. The molecule has 0 amide bonds. The van der Waals surface area contributed by atoms with E-state index in [0.29, 0.717) is 6.61 Å². The average molecular weight is 232 g/mol. The van der Waals surface area contributed by atoms with Gasteiger partial charge in [-0.15, -0.1) is 0 Å². The molecule has 0 aliphatic carbocycles. The summed E-state index contributed by atoms with van der Waals surface area (Å²) in [7, 11) is -4.10. The van der Waals surface area contributed by atoms with Crippen molar-refractivity contribution in [2.45, 2.75) is 33.2 Å².